The number of rotatable bonds is 4. The van der Waals surface area contributed by atoms with Crippen LogP contribution in [0.4, 0.5) is 10.5 Å². The number of aromatic carboxylic acids is 1. The number of urea groups is 1. The molecule has 130 valence electrons. The number of carbonyl (C=O) groups excluding carboxylic acids is 1. The topological polar surface area (TPSA) is 96.3 Å². The lowest BCUT2D eigenvalue weighted by Gasteiger charge is -2.16. The summed E-state index contributed by atoms with van der Waals surface area (Å²) in [5.74, 6) is -1.04. The van der Waals surface area contributed by atoms with Gasteiger partial charge in [0.05, 0.1) is 29.8 Å². The fourth-order valence-corrected chi connectivity index (χ4v) is 3.24. The van der Waals surface area contributed by atoms with E-state index in [2.05, 4.69) is 15.6 Å². The van der Waals surface area contributed by atoms with Crippen molar-refractivity contribution in [3.05, 3.63) is 72.2 Å². The SMILES string of the molecule is O=C(NCC1c2ccccc2-c2cncn21)Nc1cccc(C(=O)O)c1. The van der Waals surface area contributed by atoms with Crippen LogP contribution in [0, 0.1) is 0 Å². The van der Waals surface area contributed by atoms with Gasteiger partial charge in [0, 0.05) is 17.8 Å². The van der Waals surface area contributed by atoms with Crippen molar-refractivity contribution < 1.29 is 14.7 Å². The van der Waals surface area contributed by atoms with Crippen LogP contribution in [0.1, 0.15) is 22.0 Å². The summed E-state index contributed by atoms with van der Waals surface area (Å²) in [6.07, 6.45) is 3.58. The number of nitrogens with zero attached hydrogens (tertiary/aromatic N) is 2. The van der Waals surface area contributed by atoms with Crippen LogP contribution in [0.15, 0.2) is 61.1 Å². The molecule has 0 spiro atoms. The average molecular weight is 348 g/mol. The number of amides is 2. The number of aromatic nitrogens is 2. The van der Waals surface area contributed by atoms with E-state index in [1.165, 1.54) is 12.1 Å². The first-order valence-electron chi connectivity index (χ1n) is 8.13. The maximum atomic E-state index is 12.2. The normalized spacial score (nSPS) is 14.4. The molecule has 7 nitrogen and oxygen atoms in total. The standard InChI is InChI=1S/C19H16N4O3/c24-18(25)12-4-3-5-13(8-12)22-19(26)21-10-17-15-7-2-1-6-14(15)16-9-20-11-23(16)17/h1-9,11,17H,10H2,(H,24,25)(H2,21,22,26). The first kappa shape index (κ1) is 15.9. The Bertz CT molecular complexity index is 996. The Kier molecular flexibility index (Phi) is 3.89. The number of benzene rings is 2. The lowest BCUT2D eigenvalue weighted by atomic mass is 10.0. The van der Waals surface area contributed by atoms with Crippen molar-refractivity contribution in [2.24, 2.45) is 0 Å². The van der Waals surface area contributed by atoms with Crippen molar-refractivity contribution in [1.82, 2.24) is 14.9 Å². The second-order valence-electron chi connectivity index (χ2n) is 6.01. The number of imidazole rings is 1. The molecule has 4 rings (SSSR count). The summed E-state index contributed by atoms with van der Waals surface area (Å²) in [5.41, 5.74) is 3.83. The van der Waals surface area contributed by atoms with Crippen LogP contribution in [0.5, 0.6) is 0 Å². The van der Waals surface area contributed by atoms with Crippen LogP contribution in [-0.4, -0.2) is 33.2 Å². The molecule has 0 saturated carbocycles. The summed E-state index contributed by atoms with van der Waals surface area (Å²) in [5, 5.41) is 14.5. The van der Waals surface area contributed by atoms with E-state index >= 15 is 0 Å². The monoisotopic (exact) mass is 348 g/mol. The second-order valence-corrected chi connectivity index (χ2v) is 6.01. The van der Waals surface area contributed by atoms with Gasteiger partial charge < -0.3 is 20.3 Å². The molecule has 2 aromatic carbocycles. The molecule has 7 heteroatoms. The Balaban J connectivity index is 1.46. The third kappa shape index (κ3) is 2.79. The highest BCUT2D eigenvalue weighted by atomic mass is 16.4. The van der Waals surface area contributed by atoms with Crippen LogP contribution in [0.3, 0.4) is 0 Å². The second kappa shape index (κ2) is 6.36. The molecular weight excluding hydrogens is 332 g/mol. The lowest BCUT2D eigenvalue weighted by molar-refractivity contribution is 0.0697. The number of fused-ring (bicyclic) bond motifs is 3. The number of carboxylic acid groups (broad SMARTS) is 1. The molecule has 0 bridgehead atoms. The van der Waals surface area contributed by atoms with Gasteiger partial charge in [0.1, 0.15) is 0 Å². The van der Waals surface area contributed by atoms with E-state index in [-0.39, 0.29) is 11.6 Å². The minimum atomic E-state index is -1.04. The minimum absolute atomic E-state index is 0.0280. The zero-order valence-electron chi connectivity index (χ0n) is 13.7. The van der Waals surface area contributed by atoms with Crippen molar-refractivity contribution in [3.8, 4) is 11.3 Å². The predicted octanol–water partition coefficient (Wildman–Crippen LogP) is 2.97. The number of hydrogen-bond acceptors (Lipinski definition) is 3. The molecule has 1 unspecified atom stereocenters. The number of nitrogens with one attached hydrogen (secondary N) is 2. The summed E-state index contributed by atoms with van der Waals surface area (Å²) in [4.78, 5) is 27.4. The van der Waals surface area contributed by atoms with Gasteiger partial charge in [-0.3, -0.25) is 0 Å². The highest BCUT2D eigenvalue weighted by Gasteiger charge is 2.28. The lowest BCUT2D eigenvalue weighted by Crippen LogP contribution is -2.33. The Morgan fingerprint density at radius 1 is 1.15 bits per heavy atom. The molecule has 1 aliphatic rings. The fraction of sp³-hybridized carbons (Fsp3) is 0.105. The highest BCUT2D eigenvalue weighted by molar-refractivity contribution is 5.93. The quantitative estimate of drug-likeness (QED) is 0.675. The maximum Gasteiger partial charge on any atom is 0.335 e. The molecule has 0 radical (unpaired) electrons. The summed E-state index contributed by atoms with van der Waals surface area (Å²) in [6.45, 7) is 0.394. The van der Waals surface area contributed by atoms with Gasteiger partial charge in [0.2, 0.25) is 0 Å². The van der Waals surface area contributed by atoms with E-state index in [4.69, 9.17) is 5.11 Å². The fourth-order valence-electron chi connectivity index (χ4n) is 3.24. The van der Waals surface area contributed by atoms with Crippen LogP contribution in [0.25, 0.3) is 11.3 Å². The molecule has 0 saturated heterocycles. The molecule has 1 aromatic heterocycles. The van der Waals surface area contributed by atoms with Gasteiger partial charge in [-0.2, -0.15) is 0 Å². The van der Waals surface area contributed by atoms with Crippen molar-refractivity contribution >= 4 is 17.7 Å². The predicted molar refractivity (Wildman–Crippen MR) is 96.2 cm³/mol. The molecule has 3 aromatic rings. The van der Waals surface area contributed by atoms with Gasteiger partial charge in [-0.25, -0.2) is 14.6 Å². The maximum absolute atomic E-state index is 12.2. The van der Waals surface area contributed by atoms with Crippen molar-refractivity contribution in [1.29, 1.82) is 0 Å². The first-order chi connectivity index (χ1) is 12.6. The smallest absolute Gasteiger partial charge is 0.335 e. The van der Waals surface area contributed by atoms with E-state index in [1.54, 1.807) is 18.5 Å². The molecule has 26 heavy (non-hydrogen) atoms. The minimum Gasteiger partial charge on any atom is -0.478 e. The Morgan fingerprint density at radius 3 is 2.85 bits per heavy atom. The van der Waals surface area contributed by atoms with Gasteiger partial charge in [-0.1, -0.05) is 30.3 Å². The molecule has 1 aliphatic heterocycles. The van der Waals surface area contributed by atoms with E-state index in [9.17, 15) is 9.59 Å². The summed E-state index contributed by atoms with van der Waals surface area (Å²) < 4.78 is 2.04. The Morgan fingerprint density at radius 2 is 2.00 bits per heavy atom. The average Bonchev–Trinajstić information content (AvgIpc) is 3.21. The highest BCUT2D eigenvalue weighted by Crippen LogP contribution is 2.38. The third-order valence-electron chi connectivity index (χ3n) is 4.42. The first-order valence-corrected chi connectivity index (χ1v) is 8.13. The summed E-state index contributed by atoms with van der Waals surface area (Å²) >= 11 is 0. The third-order valence-corrected chi connectivity index (χ3v) is 4.42. The van der Waals surface area contributed by atoms with Crippen LogP contribution < -0.4 is 10.6 Å². The van der Waals surface area contributed by atoms with E-state index in [0.29, 0.717) is 12.2 Å². The summed E-state index contributed by atoms with van der Waals surface area (Å²) in [6, 6.07) is 13.7. The van der Waals surface area contributed by atoms with Gasteiger partial charge in [-0.15, -0.1) is 0 Å². The molecule has 2 heterocycles. The molecule has 1 atom stereocenters. The largest absolute Gasteiger partial charge is 0.478 e. The van der Waals surface area contributed by atoms with Gasteiger partial charge in [0.25, 0.3) is 0 Å². The van der Waals surface area contributed by atoms with Crippen molar-refractivity contribution in [2.45, 2.75) is 6.04 Å². The van der Waals surface area contributed by atoms with Gasteiger partial charge >= 0.3 is 12.0 Å². The molecule has 2 amide bonds. The molecule has 0 fully saturated rings. The van der Waals surface area contributed by atoms with Crippen molar-refractivity contribution in [2.75, 3.05) is 11.9 Å². The van der Waals surface area contributed by atoms with Gasteiger partial charge in [-0.05, 0) is 23.8 Å². The van der Waals surface area contributed by atoms with Crippen LogP contribution >= 0.6 is 0 Å². The van der Waals surface area contributed by atoms with Crippen LogP contribution in [-0.2, 0) is 0 Å². The Labute approximate surface area is 149 Å². The van der Waals surface area contributed by atoms with E-state index in [1.807, 2.05) is 35.0 Å². The van der Waals surface area contributed by atoms with Crippen molar-refractivity contribution in [3.63, 3.8) is 0 Å². The molecule has 3 N–H and O–H groups in total. The number of anilines is 1. The van der Waals surface area contributed by atoms with Gasteiger partial charge in [0.15, 0.2) is 0 Å². The van der Waals surface area contributed by atoms with E-state index < -0.39 is 12.0 Å². The number of carbonyl (C=O) groups is 2. The zero-order chi connectivity index (χ0) is 18.1. The molecular formula is C19H16N4O3. The zero-order valence-corrected chi connectivity index (χ0v) is 13.7. The summed E-state index contributed by atoms with van der Waals surface area (Å²) in [7, 11) is 0. The Hall–Kier alpha value is -3.61. The number of carboxylic acids is 1. The number of hydrogen-bond donors (Lipinski definition) is 3. The van der Waals surface area contributed by atoms with Crippen LogP contribution in [0.2, 0.25) is 0 Å². The molecule has 0 aliphatic carbocycles. The van der Waals surface area contributed by atoms with E-state index in [0.717, 1.165) is 16.8 Å².